The van der Waals surface area contributed by atoms with Crippen LogP contribution >= 0.6 is 0 Å². The molecule has 0 aliphatic heterocycles. The van der Waals surface area contributed by atoms with Crippen molar-refractivity contribution in [1.82, 2.24) is 15.0 Å². The van der Waals surface area contributed by atoms with Gasteiger partial charge < -0.3 is 0 Å². The third-order valence-corrected chi connectivity index (χ3v) is 20.0. The predicted molar refractivity (Wildman–Crippen MR) is 389 cm³/mol. The van der Waals surface area contributed by atoms with Crippen molar-refractivity contribution in [3.05, 3.63) is 365 Å². The molecule has 0 saturated heterocycles. The Morgan fingerprint density at radius 3 is 1.29 bits per heavy atom. The minimum atomic E-state index is 1.01. The molecular formula is C90H61N3. The molecule has 436 valence electrons. The van der Waals surface area contributed by atoms with Crippen LogP contribution in [0.1, 0.15) is 55.6 Å². The summed E-state index contributed by atoms with van der Waals surface area (Å²) in [6.07, 6.45) is 11.1. The molecule has 0 radical (unpaired) electrons. The van der Waals surface area contributed by atoms with Crippen molar-refractivity contribution in [1.29, 1.82) is 0 Å². The summed E-state index contributed by atoms with van der Waals surface area (Å²) in [5.41, 5.74) is 30.1. The average molecular weight is 1180 g/mol. The lowest BCUT2D eigenvalue weighted by Crippen LogP contribution is -1.86. The van der Waals surface area contributed by atoms with Gasteiger partial charge in [-0.15, -0.1) is 0 Å². The fourth-order valence-electron chi connectivity index (χ4n) is 15.6. The minimum Gasteiger partial charge on any atom is -0.256 e. The molecule has 5 aliphatic carbocycles. The first-order valence-electron chi connectivity index (χ1n) is 32.5. The summed E-state index contributed by atoms with van der Waals surface area (Å²) in [7, 11) is 0. The highest BCUT2D eigenvalue weighted by atomic mass is 14.7. The van der Waals surface area contributed by atoms with Crippen molar-refractivity contribution in [2.45, 2.75) is 32.1 Å². The minimum absolute atomic E-state index is 1.01. The maximum absolute atomic E-state index is 4.63. The van der Waals surface area contributed by atoms with Crippen LogP contribution in [0.2, 0.25) is 0 Å². The Hall–Kier alpha value is -11.7. The van der Waals surface area contributed by atoms with E-state index in [0.717, 1.165) is 43.1 Å². The molecule has 0 bridgehead atoms. The monoisotopic (exact) mass is 1180 g/mol. The van der Waals surface area contributed by atoms with Crippen LogP contribution in [0.5, 0.6) is 0 Å². The number of hydrogen-bond acceptors (Lipinski definition) is 3. The molecule has 22 rings (SSSR count). The lowest BCUT2D eigenvalue weighted by atomic mass is 9.94. The van der Waals surface area contributed by atoms with Gasteiger partial charge in [0.15, 0.2) is 0 Å². The highest BCUT2D eigenvalue weighted by Gasteiger charge is 2.25. The van der Waals surface area contributed by atoms with Gasteiger partial charge in [0.1, 0.15) is 0 Å². The second-order valence-electron chi connectivity index (χ2n) is 25.2. The molecule has 93 heavy (non-hydrogen) atoms. The first-order chi connectivity index (χ1) is 46.1. The molecule has 5 aliphatic rings. The molecule has 0 N–H and O–H groups in total. The van der Waals surface area contributed by atoms with Gasteiger partial charge in [-0.3, -0.25) is 15.0 Å². The van der Waals surface area contributed by atoms with E-state index in [-0.39, 0.29) is 0 Å². The highest BCUT2D eigenvalue weighted by Crippen LogP contribution is 2.46. The van der Waals surface area contributed by atoms with Crippen LogP contribution in [0.15, 0.2) is 310 Å². The van der Waals surface area contributed by atoms with Crippen molar-refractivity contribution < 1.29 is 0 Å². The molecule has 3 aromatic heterocycles. The molecule has 0 atom stereocenters. The summed E-state index contributed by atoms with van der Waals surface area (Å²) in [6, 6.07) is 104. The molecule has 0 saturated carbocycles. The molecule has 14 aromatic carbocycles. The van der Waals surface area contributed by atoms with E-state index >= 15 is 0 Å². The van der Waals surface area contributed by atoms with E-state index in [1.807, 2.05) is 30.7 Å². The SMILES string of the molecule is c1ccc2c(c1)Cc1c-2ccc2cc3ccccc3cc12.c1ccc2c(c1)Cc1c-2ccc2ccc3ccccc3c12.c1ccc2c(c1)Cc1c-2ccc2ncccc12.c1ccc2c(c1)Cc1c-2cnc2ccccc12.c1ccc2c(c1)Cc1c-2ncc2ccccc12. The maximum atomic E-state index is 4.63. The largest absolute Gasteiger partial charge is 0.256 e. The molecular weight excluding hydrogens is 1120 g/mol. The number of rotatable bonds is 0. The van der Waals surface area contributed by atoms with E-state index in [1.54, 1.807) is 0 Å². The van der Waals surface area contributed by atoms with E-state index in [2.05, 4.69) is 294 Å². The van der Waals surface area contributed by atoms with E-state index in [4.69, 9.17) is 0 Å². The van der Waals surface area contributed by atoms with Crippen LogP contribution in [-0.2, 0) is 32.1 Å². The standard InChI is InChI=1S/2C21H14.3C16H11N/c1-4-8-18-14(5-1)9-10-15-11-12-19-17-7-3-2-6-16(17)13-20(19)21(15)18;1-2-6-15-12-20-17(11-14(15)5-1)9-10-19-18-8-4-3-7-16(18)13-21(19)20;1-4-8-14-11(5-1)9-15-13-7-3-2-6-12(13)10-17-16(14)15;1-2-6-12-11(5-1)9-14-13-7-3-4-8-16(13)17-10-15(12)14;1-2-5-12-11(4-1)10-15-13(12)7-8-16-14(15)6-3-9-17-16/h2*1-12H,13H2;2*1-8,10H,9H2;1-9H,10H2. The zero-order chi connectivity index (χ0) is 61.3. The van der Waals surface area contributed by atoms with Crippen LogP contribution in [0.25, 0.3) is 131 Å². The number of pyridine rings is 3. The zero-order valence-electron chi connectivity index (χ0n) is 51.3. The van der Waals surface area contributed by atoms with Gasteiger partial charge in [-0.25, -0.2) is 0 Å². The van der Waals surface area contributed by atoms with Crippen molar-refractivity contribution in [2.24, 2.45) is 0 Å². The van der Waals surface area contributed by atoms with Gasteiger partial charge in [-0.2, -0.15) is 0 Å². The first-order valence-corrected chi connectivity index (χ1v) is 32.5. The Bertz CT molecular complexity index is 5560. The summed E-state index contributed by atoms with van der Waals surface area (Å²) in [4.78, 5) is 13.6. The Balaban J connectivity index is 0.0000000859. The van der Waals surface area contributed by atoms with Crippen LogP contribution in [-0.4, -0.2) is 15.0 Å². The fourth-order valence-corrected chi connectivity index (χ4v) is 15.6. The third kappa shape index (κ3) is 9.46. The van der Waals surface area contributed by atoms with Crippen LogP contribution < -0.4 is 0 Å². The summed E-state index contributed by atoms with van der Waals surface area (Å²) in [5, 5.41) is 16.0. The topological polar surface area (TPSA) is 38.7 Å². The van der Waals surface area contributed by atoms with Gasteiger partial charge in [0.2, 0.25) is 0 Å². The Morgan fingerprint density at radius 1 is 0.204 bits per heavy atom. The van der Waals surface area contributed by atoms with E-state index in [1.165, 1.54) is 176 Å². The van der Waals surface area contributed by atoms with Gasteiger partial charge in [-0.05, 0) is 199 Å². The van der Waals surface area contributed by atoms with Gasteiger partial charge >= 0.3 is 0 Å². The molecule has 3 heterocycles. The van der Waals surface area contributed by atoms with Crippen molar-refractivity contribution in [3.8, 4) is 55.8 Å². The van der Waals surface area contributed by atoms with E-state index in [9.17, 15) is 0 Å². The zero-order valence-corrected chi connectivity index (χ0v) is 51.3. The number of hydrogen-bond donors (Lipinski definition) is 0. The van der Waals surface area contributed by atoms with Crippen LogP contribution in [0, 0.1) is 0 Å². The summed E-state index contributed by atoms with van der Waals surface area (Å²) in [5.74, 6) is 0. The third-order valence-electron chi connectivity index (χ3n) is 20.0. The van der Waals surface area contributed by atoms with Gasteiger partial charge in [-0.1, -0.05) is 261 Å². The molecule has 0 spiro atoms. The fraction of sp³-hybridized carbons (Fsp3) is 0.0556. The normalized spacial score (nSPS) is 12.5. The van der Waals surface area contributed by atoms with Crippen molar-refractivity contribution in [3.63, 3.8) is 0 Å². The number of benzene rings is 14. The molecule has 0 fully saturated rings. The maximum Gasteiger partial charge on any atom is 0.0746 e. The summed E-state index contributed by atoms with van der Waals surface area (Å²) >= 11 is 0. The Morgan fingerprint density at radius 2 is 0.624 bits per heavy atom. The van der Waals surface area contributed by atoms with E-state index in [0.29, 0.717) is 0 Å². The Labute approximate surface area is 540 Å². The van der Waals surface area contributed by atoms with Crippen molar-refractivity contribution in [2.75, 3.05) is 0 Å². The smallest absolute Gasteiger partial charge is 0.0746 e. The quantitative estimate of drug-likeness (QED) is 0.112. The predicted octanol–water partition coefficient (Wildman–Crippen LogP) is 22.5. The lowest BCUT2D eigenvalue weighted by Gasteiger charge is -2.09. The van der Waals surface area contributed by atoms with Gasteiger partial charge in [0.25, 0.3) is 0 Å². The molecule has 3 heteroatoms. The molecule has 17 aromatic rings. The first kappa shape index (κ1) is 54.3. The summed E-state index contributed by atoms with van der Waals surface area (Å²) < 4.78 is 0. The second kappa shape index (κ2) is 22.7. The van der Waals surface area contributed by atoms with E-state index < -0.39 is 0 Å². The highest BCUT2D eigenvalue weighted by molar-refractivity contribution is 6.12. The van der Waals surface area contributed by atoms with Crippen molar-refractivity contribution >= 4 is 75.7 Å². The lowest BCUT2D eigenvalue weighted by molar-refractivity contribution is 1.26. The summed E-state index contributed by atoms with van der Waals surface area (Å²) in [6.45, 7) is 0. The number of aromatic nitrogens is 3. The molecule has 0 unspecified atom stereocenters. The van der Waals surface area contributed by atoms with Crippen LogP contribution in [0.3, 0.4) is 0 Å². The Kier molecular flexibility index (Phi) is 13.2. The number of para-hydroxylation sites is 1. The average Bonchev–Trinajstić information content (AvgIpc) is 1.74. The van der Waals surface area contributed by atoms with Crippen LogP contribution in [0.4, 0.5) is 0 Å². The van der Waals surface area contributed by atoms with Gasteiger partial charge in [0.05, 0.1) is 16.7 Å². The van der Waals surface area contributed by atoms with Gasteiger partial charge in [0, 0.05) is 52.3 Å². The number of nitrogens with zero attached hydrogens (tertiary/aromatic N) is 3. The molecule has 0 amide bonds. The molecule has 3 nitrogen and oxygen atoms in total. The number of fused-ring (bicyclic) bond motifs is 28. The second-order valence-corrected chi connectivity index (χ2v) is 25.2.